The number of aromatic hydroxyl groups is 1. The van der Waals surface area contributed by atoms with Crippen molar-refractivity contribution in [2.24, 2.45) is 5.10 Å². The van der Waals surface area contributed by atoms with Gasteiger partial charge in [0.15, 0.2) is 5.11 Å². The third-order valence-electron chi connectivity index (χ3n) is 1.76. The predicted molar refractivity (Wildman–Crippen MR) is 72.8 cm³/mol. The molecule has 0 spiro atoms. The Labute approximate surface area is 108 Å². The fourth-order valence-electron chi connectivity index (χ4n) is 0.886. The molecule has 1 aromatic carbocycles. The minimum atomic E-state index is 0.171. The summed E-state index contributed by atoms with van der Waals surface area (Å²) in [6.45, 7) is 0. The maximum atomic E-state index is 9.53. The van der Waals surface area contributed by atoms with Crippen molar-refractivity contribution in [3.05, 3.63) is 28.2 Å². The highest BCUT2D eigenvalue weighted by Gasteiger charge is 1.99. The number of hydrazone groups is 1. The Morgan fingerprint density at radius 2 is 2.25 bits per heavy atom. The van der Waals surface area contributed by atoms with Crippen LogP contribution in [0.15, 0.2) is 27.8 Å². The Morgan fingerprint density at radius 1 is 1.56 bits per heavy atom. The van der Waals surface area contributed by atoms with Crippen LogP contribution >= 0.6 is 28.1 Å². The molecule has 86 valence electrons. The molecule has 0 fully saturated rings. The molecule has 0 saturated heterocycles. The van der Waals surface area contributed by atoms with Crippen LogP contribution in [0.3, 0.4) is 0 Å². The van der Waals surface area contributed by atoms with Gasteiger partial charge in [0, 0.05) is 24.1 Å². The lowest BCUT2D eigenvalue weighted by Crippen LogP contribution is -2.30. The van der Waals surface area contributed by atoms with Crippen molar-refractivity contribution in [1.82, 2.24) is 10.3 Å². The monoisotopic (exact) mass is 301 g/mol. The minimum Gasteiger partial charge on any atom is -0.507 e. The number of rotatable bonds is 2. The van der Waals surface area contributed by atoms with Gasteiger partial charge >= 0.3 is 0 Å². The van der Waals surface area contributed by atoms with Crippen LogP contribution in [-0.4, -0.2) is 35.4 Å². The van der Waals surface area contributed by atoms with E-state index in [2.05, 4.69) is 26.5 Å². The highest BCUT2D eigenvalue weighted by atomic mass is 79.9. The number of halogens is 1. The first-order valence-electron chi connectivity index (χ1n) is 4.49. The predicted octanol–water partition coefficient (Wildman–Crippen LogP) is 1.92. The molecule has 1 aromatic rings. The van der Waals surface area contributed by atoms with E-state index in [0.29, 0.717) is 10.7 Å². The topological polar surface area (TPSA) is 47.9 Å². The second-order valence-corrected chi connectivity index (χ2v) is 4.58. The molecule has 4 nitrogen and oxygen atoms in total. The van der Waals surface area contributed by atoms with E-state index in [1.165, 1.54) is 6.21 Å². The van der Waals surface area contributed by atoms with Gasteiger partial charge in [-0.25, -0.2) is 0 Å². The summed E-state index contributed by atoms with van der Waals surface area (Å²) < 4.78 is 0.877. The molecule has 2 N–H and O–H groups in total. The van der Waals surface area contributed by atoms with Gasteiger partial charge in [-0.15, -0.1) is 0 Å². The average Bonchev–Trinajstić information content (AvgIpc) is 2.22. The summed E-state index contributed by atoms with van der Waals surface area (Å²) in [5.74, 6) is 0.171. The second-order valence-electron chi connectivity index (χ2n) is 3.27. The lowest BCUT2D eigenvalue weighted by Gasteiger charge is -2.11. The van der Waals surface area contributed by atoms with E-state index in [1.807, 2.05) is 14.1 Å². The van der Waals surface area contributed by atoms with Gasteiger partial charge in [0.1, 0.15) is 5.75 Å². The first-order chi connectivity index (χ1) is 7.50. The number of benzene rings is 1. The lowest BCUT2D eigenvalue weighted by atomic mass is 10.2. The van der Waals surface area contributed by atoms with E-state index in [-0.39, 0.29) is 5.75 Å². The Hall–Kier alpha value is -1.14. The molecule has 0 aromatic heterocycles. The number of phenolic OH excluding ortho intramolecular Hbond substituents is 1. The molecule has 0 amide bonds. The number of phenols is 1. The Kier molecular flexibility index (Phi) is 4.70. The molecule has 16 heavy (non-hydrogen) atoms. The summed E-state index contributed by atoms with van der Waals surface area (Å²) in [7, 11) is 3.64. The summed E-state index contributed by atoms with van der Waals surface area (Å²) in [5.41, 5.74) is 3.29. The standard InChI is InChI=1S/C10H12BrN3OS/c1-14(2)10(16)13-12-6-7-5-8(11)3-4-9(7)15/h3-6,15H,1-2H3,(H,13,16)/b12-6+. The molecule has 6 heteroatoms. The maximum absolute atomic E-state index is 9.53. The normalized spacial score (nSPS) is 10.4. The van der Waals surface area contributed by atoms with E-state index in [4.69, 9.17) is 12.2 Å². The van der Waals surface area contributed by atoms with Crippen LogP contribution in [0.4, 0.5) is 0 Å². The summed E-state index contributed by atoms with van der Waals surface area (Å²) in [6.07, 6.45) is 1.51. The molecule has 0 aliphatic rings. The Bertz CT molecular complexity index is 421. The van der Waals surface area contributed by atoms with Crippen LogP contribution < -0.4 is 5.43 Å². The van der Waals surface area contributed by atoms with Crippen molar-refractivity contribution >= 4 is 39.5 Å². The molecule has 0 unspecified atom stereocenters. The fourth-order valence-corrected chi connectivity index (χ4v) is 1.32. The van der Waals surface area contributed by atoms with Gasteiger partial charge in [0.05, 0.1) is 6.21 Å². The maximum Gasteiger partial charge on any atom is 0.189 e. The molecule has 0 saturated carbocycles. The number of hydrogen-bond donors (Lipinski definition) is 2. The molecular weight excluding hydrogens is 290 g/mol. The largest absolute Gasteiger partial charge is 0.507 e. The molecule has 0 heterocycles. The van der Waals surface area contributed by atoms with E-state index in [1.54, 1.807) is 23.1 Å². The fraction of sp³-hybridized carbons (Fsp3) is 0.200. The van der Waals surface area contributed by atoms with Gasteiger partial charge in [0.25, 0.3) is 0 Å². The molecule has 0 bridgehead atoms. The van der Waals surface area contributed by atoms with E-state index in [0.717, 1.165) is 4.47 Å². The van der Waals surface area contributed by atoms with Crippen molar-refractivity contribution in [1.29, 1.82) is 0 Å². The zero-order chi connectivity index (χ0) is 12.1. The van der Waals surface area contributed by atoms with Crippen molar-refractivity contribution in [3.63, 3.8) is 0 Å². The Morgan fingerprint density at radius 3 is 2.88 bits per heavy atom. The van der Waals surface area contributed by atoms with Crippen molar-refractivity contribution in [2.45, 2.75) is 0 Å². The zero-order valence-electron chi connectivity index (χ0n) is 8.94. The number of hydrogen-bond acceptors (Lipinski definition) is 3. The minimum absolute atomic E-state index is 0.171. The van der Waals surface area contributed by atoms with Crippen LogP contribution in [-0.2, 0) is 0 Å². The number of thiocarbonyl (C=S) groups is 1. The van der Waals surface area contributed by atoms with Crippen LogP contribution in [0, 0.1) is 0 Å². The average molecular weight is 302 g/mol. The number of nitrogens with zero attached hydrogens (tertiary/aromatic N) is 2. The molecule has 0 radical (unpaired) electrons. The van der Waals surface area contributed by atoms with Gasteiger partial charge < -0.3 is 10.0 Å². The second kappa shape index (κ2) is 5.81. The summed E-state index contributed by atoms with van der Waals surface area (Å²) in [4.78, 5) is 1.73. The third kappa shape index (κ3) is 3.79. The van der Waals surface area contributed by atoms with E-state index < -0.39 is 0 Å². The summed E-state index contributed by atoms with van der Waals surface area (Å²) >= 11 is 8.29. The Balaban J connectivity index is 2.69. The van der Waals surface area contributed by atoms with Gasteiger partial charge in [0.2, 0.25) is 0 Å². The van der Waals surface area contributed by atoms with E-state index in [9.17, 15) is 5.11 Å². The van der Waals surface area contributed by atoms with Crippen LogP contribution in [0.25, 0.3) is 0 Å². The molecule has 0 atom stereocenters. The van der Waals surface area contributed by atoms with Gasteiger partial charge in [-0.2, -0.15) is 5.10 Å². The van der Waals surface area contributed by atoms with Crippen molar-refractivity contribution < 1.29 is 5.11 Å². The SMILES string of the molecule is CN(C)C(=S)N/N=C/c1cc(Br)ccc1O. The molecular formula is C10H12BrN3OS. The van der Waals surface area contributed by atoms with Crippen molar-refractivity contribution in [3.8, 4) is 5.75 Å². The van der Waals surface area contributed by atoms with E-state index >= 15 is 0 Å². The zero-order valence-corrected chi connectivity index (χ0v) is 11.3. The van der Waals surface area contributed by atoms with Crippen LogP contribution in [0.2, 0.25) is 0 Å². The third-order valence-corrected chi connectivity index (χ3v) is 2.71. The first-order valence-corrected chi connectivity index (χ1v) is 5.69. The summed E-state index contributed by atoms with van der Waals surface area (Å²) in [5, 5.41) is 14.0. The quantitative estimate of drug-likeness (QED) is 0.498. The van der Waals surface area contributed by atoms with Gasteiger partial charge in [-0.05, 0) is 30.4 Å². The van der Waals surface area contributed by atoms with Gasteiger partial charge in [-0.1, -0.05) is 15.9 Å². The number of nitrogens with one attached hydrogen (secondary N) is 1. The van der Waals surface area contributed by atoms with Crippen LogP contribution in [0.1, 0.15) is 5.56 Å². The van der Waals surface area contributed by atoms with Crippen molar-refractivity contribution in [2.75, 3.05) is 14.1 Å². The molecule has 1 rings (SSSR count). The highest BCUT2D eigenvalue weighted by molar-refractivity contribution is 9.10. The first kappa shape index (κ1) is 12.9. The highest BCUT2D eigenvalue weighted by Crippen LogP contribution is 2.19. The lowest BCUT2D eigenvalue weighted by molar-refractivity contribution is 0.474. The molecule has 0 aliphatic carbocycles. The summed E-state index contributed by atoms with van der Waals surface area (Å²) in [6, 6.07) is 5.11. The smallest absolute Gasteiger partial charge is 0.189 e. The van der Waals surface area contributed by atoms with Crippen LogP contribution in [0.5, 0.6) is 5.75 Å². The van der Waals surface area contributed by atoms with Gasteiger partial charge in [-0.3, -0.25) is 5.43 Å². The molecule has 0 aliphatic heterocycles.